The minimum Gasteiger partial charge on any atom is -0.334 e. The molecule has 3 nitrogen and oxygen atoms in total. The second kappa shape index (κ2) is 5.60. The number of nitrogens with zero attached hydrogens (tertiary/aromatic N) is 2. The van der Waals surface area contributed by atoms with Crippen LogP contribution in [-0.4, -0.2) is 22.1 Å². The standard InChI is InChI=1S/C11H19N3/c1-4-5-10(2)12-6-8-14-9-7-13-11(14)3/h4,7,9-10,12H,1,5-6,8H2,2-3H3. The first-order valence-electron chi connectivity index (χ1n) is 5.06. The lowest BCUT2D eigenvalue weighted by atomic mass is 10.2. The Hall–Kier alpha value is -1.09. The van der Waals surface area contributed by atoms with E-state index in [1.54, 1.807) is 0 Å². The lowest BCUT2D eigenvalue weighted by Crippen LogP contribution is -2.28. The molecule has 1 aromatic heterocycles. The SMILES string of the molecule is C=CCC(C)NCCn1ccnc1C. The van der Waals surface area contributed by atoms with Crippen LogP contribution < -0.4 is 5.32 Å². The van der Waals surface area contributed by atoms with Crippen LogP contribution in [0.1, 0.15) is 19.2 Å². The van der Waals surface area contributed by atoms with Crippen LogP contribution in [0.4, 0.5) is 0 Å². The fourth-order valence-electron chi connectivity index (χ4n) is 1.40. The highest BCUT2D eigenvalue weighted by molar-refractivity contribution is 4.88. The smallest absolute Gasteiger partial charge is 0.105 e. The molecule has 3 heteroatoms. The molecule has 0 aliphatic carbocycles. The Bertz CT molecular complexity index is 278. The third-order valence-corrected chi connectivity index (χ3v) is 2.29. The van der Waals surface area contributed by atoms with Crippen molar-refractivity contribution in [2.45, 2.75) is 32.9 Å². The quantitative estimate of drug-likeness (QED) is 0.697. The van der Waals surface area contributed by atoms with Crippen molar-refractivity contribution in [1.29, 1.82) is 0 Å². The first-order valence-corrected chi connectivity index (χ1v) is 5.06. The first kappa shape index (κ1) is 11.0. The third-order valence-electron chi connectivity index (χ3n) is 2.29. The van der Waals surface area contributed by atoms with Crippen molar-refractivity contribution in [2.75, 3.05) is 6.54 Å². The van der Waals surface area contributed by atoms with Gasteiger partial charge < -0.3 is 9.88 Å². The molecule has 0 spiro atoms. The summed E-state index contributed by atoms with van der Waals surface area (Å²) < 4.78 is 2.15. The van der Waals surface area contributed by atoms with E-state index in [0.717, 1.165) is 25.3 Å². The van der Waals surface area contributed by atoms with E-state index in [1.165, 1.54) is 0 Å². The Morgan fingerprint density at radius 2 is 2.50 bits per heavy atom. The predicted molar refractivity (Wildman–Crippen MR) is 59.2 cm³/mol. The summed E-state index contributed by atoms with van der Waals surface area (Å²) in [6.45, 7) is 9.87. The molecule has 14 heavy (non-hydrogen) atoms. The highest BCUT2D eigenvalue weighted by Gasteiger charge is 1.99. The summed E-state index contributed by atoms with van der Waals surface area (Å²) in [5.74, 6) is 1.07. The molecule has 1 N–H and O–H groups in total. The van der Waals surface area contributed by atoms with Gasteiger partial charge in [-0.1, -0.05) is 6.08 Å². The zero-order chi connectivity index (χ0) is 10.4. The van der Waals surface area contributed by atoms with E-state index in [1.807, 2.05) is 25.4 Å². The molecule has 0 saturated heterocycles. The molecule has 1 rings (SSSR count). The third kappa shape index (κ3) is 3.34. The largest absolute Gasteiger partial charge is 0.334 e. The number of nitrogens with one attached hydrogen (secondary N) is 1. The van der Waals surface area contributed by atoms with Crippen molar-refractivity contribution in [3.8, 4) is 0 Å². The van der Waals surface area contributed by atoms with Gasteiger partial charge >= 0.3 is 0 Å². The summed E-state index contributed by atoms with van der Waals surface area (Å²) >= 11 is 0. The molecule has 78 valence electrons. The van der Waals surface area contributed by atoms with Gasteiger partial charge in [-0.25, -0.2) is 4.98 Å². The molecule has 0 fully saturated rings. The van der Waals surface area contributed by atoms with Gasteiger partial charge in [-0.05, 0) is 20.3 Å². The normalized spacial score (nSPS) is 12.7. The molecule has 0 amide bonds. The zero-order valence-corrected chi connectivity index (χ0v) is 9.03. The van der Waals surface area contributed by atoms with Gasteiger partial charge in [-0.2, -0.15) is 0 Å². The average molecular weight is 193 g/mol. The second-order valence-electron chi connectivity index (χ2n) is 3.55. The van der Waals surface area contributed by atoms with E-state index < -0.39 is 0 Å². The van der Waals surface area contributed by atoms with Crippen molar-refractivity contribution in [1.82, 2.24) is 14.9 Å². The van der Waals surface area contributed by atoms with Gasteiger partial charge in [0.25, 0.3) is 0 Å². The minimum atomic E-state index is 0.510. The van der Waals surface area contributed by atoms with E-state index in [4.69, 9.17) is 0 Å². The van der Waals surface area contributed by atoms with Crippen molar-refractivity contribution in [3.05, 3.63) is 30.9 Å². The highest BCUT2D eigenvalue weighted by Crippen LogP contribution is 1.95. The zero-order valence-electron chi connectivity index (χ0n) is 9.03. The van der Waals surface area contributed by atoms with Crippen LogP contribution in [0.25, 0.3) is 0 Å². The summed E-state index contributed by atoms with van der Waals surface area (Å²) in [6, 6.07) is 0.510. The summed E-state index contributed by atoms with van der Waals surface area (Å²) in [5.41, 5.74) is 0. The van der Waals surface area contributed by atoms with E-state index >= 15 is 0 Å². The monoisotopic (exact) mass is 193 g/mol. The fourth-order valence-corrected chi connectivity index (χ4v) is 1.40. The minimum absolute atomic E-state index is 0.510. The van der Waals surface area contributed by atoms with Gasteiger partial charge in [0.2, 0.25) is 0 Å². The number of rotatable bonds is 6. The Kier molecular flexibility index (Phi) is 4.40. The van der Waals surface area contributed by atoms with E-state index in [0.29, 0.717) is 6.04 Å². The van der Waals surface area contributed by atoms with Gasteiger partial charge in [0.05, 0.1) is 0 Å². The van der Waals surface area contributed by atoms with Crippen molar-refractivity contribution in [2.24, 2.45) is 0 Å². The number of hydrogen-bond donors (Lipinski definition) is 1. The predicted octanol–water partition coefficient (Wildman–Crippen LogP) is 1.75. The van der Waals surface area contributed by atoms with Gasteiger partial charge in [-0.15, -0.1) is 6.58 Å². The molecule has 0 radical (unpaired) electrons. The lowest BCUT2D eigenvalue weighted by Gasteiger charge is -2.12. The fraction of sp³-hybridized carbons (Fsp3) is 0.545. The summed E-state index contributed by atoms with van der Waals surface area (Å²) in [6.07, 6.45) is 6.81. The van der Waals surface area contributed by atoms with E-state index in [2.05, 4.69) is 28.4 Å². The molecule has 1 unspecified atom stereocenters. The molecule has 0 aliphatic rings. The molecule has 1 aromatic rings. The topological polar surface area (TPSA) is 29.9 Å². The number of imidazole rings is 1. The van der Waals surface area contributed by atoms with Crippen LogP contribution >= 0.6 is 0 Å². The number of aryl methyl sites for hydroxylation is 1. The van der Waals surface area contributed by atoms with Gasteiger partial charge in [0, 0.05) is 31.5 Å². The van der Waals surface area contributed by atoms with Crippen LogP contribution in [0.15, 0.2) is 25.0 Å². The maximum absolute atomic E-state index is 4.17. The Morgan fingerprint density at radius 1 is 1.71 bits per heavy atom. The van der Waals surface area contributed by atoms with Crippen LogP contribution in [0, 0.1) is 6.92 Å². The maximum atomic E-state index is 4.17. The molecule has 1 heterocycles. The molecule has 1 atom stereocenters. The van der Waals surface area contributed by atoms with Crippen molar-refractivity contribution < 1.29 is 0 Å². The van der Waals surface area contributed by atoms with Crippen LogP contribution in [0.2, 0.25) is 0 Å². The van der Waals surface area contributed by atoms with Gasteiger partial charge in [-0.3, -0.25) is 0 Å². The van der Waals surface area contributed by atoms with Crippen LogP contribution in [0.5, 0.6) is 0 Å². The highest BCUT2D eigenvalue weighted by atomic mass is 15.1. The molecule has 0 bridgehead atoms. The number of aromatic nitrogens is 2. The first-order chi connectivity index (χ1) is 6.74. The molecule has 0 aromatic carbocycles. The van der Waals surface area contributed by atoms with Gasteiger partial charge in [0.15, 0.2) is 0 Å². The average Bonchev–Trinajstić information content (AvgIpc) is 2.52. The maximum Gasteiger partial charge on any atom is 0.105 e. The Balaban J connectivity index is 2.22. The summed E-state index contributed by atoms with van der Waals surface area (Å²) in [7, 11) is 0. The van der Waals surface area contributed by atoms with E-state index in [-0.39, 0.29) is 0 Å². The van der Waals surface area contributed by atoms with E-state index in [9.17, 15) is 0 Å². The van der Waals surface area contributed by atoms with Crippen molar-refractivity contribution in [3.63, 3.8) is 0 Å². The van der Waals surface area contributed by atoms with Gasteiger partial charge in [0.1, 0.15) is 5.82 Å². The molecule has 0 saturated carbocycles. The molecular formula is C11H19N3. The molecular weight excluding hydrogens is 174 g/mol. The van der Waals surface area contributed by atoms with Crippen molar-refractivity contribution >= 4 is 0 Å². The van der Waals surface area contributed by atoms with Crippen LogP contribution in [0.3, 0.4) is 0 Å². The molecule has 0 aliphatic heterocycles. The summed E-state index contributed by atoms with van der Waals surface area (Å²) in [5, 5.41) is 3.43. The summed E-state index contributed by atoms with van der Waals surface area (Å²) in [4.78, 5) is 4.17. The Labute approximate surface area is 85.8 Å². The second-order valence-corrected chi connectivity index (χ2v) is 3.55. The Morgan fingerprint density at radius 3 is 3.07 bits per heavy atom. The van der Waals surface area contributed by atoms with Crippen LogP contribution in [-0.2, 0) is 6.54 Å². The number of hydrogen-bond acceptors (Lipinski definition) is 2. The lowest BCUT2D eigenvalue weighted by molar-refractivity contribution is 0.514.